The Hall–Kier alpha value is -1.73. The van der Waals surface area contributed by atoms with E-state index < -0.39 is 11.7 Å². The van der Waals surface area contributed by atoms with Crippen molar-refractivity contribution in [3.63, 3.8) is 0 Å². The van der Waals surface area contributed by atoms with Crippen molar-refractivity contribution >= 4 is 6.03 Å². The molecule has 0 aromatic carbocycles. The van der Waals surface area contributed by atoms with Gasteiger partial charge in [0.05, 0.1) is 24.0 Å². The van der Waals surface area contributed by atoms with Crippen molar-refractivity contribution in [2.45, 2.75) is 32.0 Å². The van der Waals surface area contributed by atoms with Crippen molar-refractivity contribution < 1.29 is 18.0 Å². The van der Waals surface area contributed by atoms with Gasteiger partial charge in [-0.2, -0.15) is 18.3 Å². The summed E-state index contributed by atoms with van der Waals surface area (Å²) in [4.78, 5) is 13.8. The molecule has 8 heteroatoms. The van der Waals surface area contributed by atoms with Crippen LogP contribution in [0.2, 0.25) is 0 Å². The summed E-state index contributed by atoms with van der Waals surface area (Å²) in [6.45, 7) is 1.23. The van der Waals surface area contributed by atoms with Crippen LogP contribution in [0.3, 0.4) is 0 Å². The predicted octanol–water partition coefficient (Wildman–Crippen LogP) is 2.38. The Morgan fingerprint density at radius 1 is 1.36 bits per heavy atom. The molecule has 1 saturated heterocycles. The van der Waals surface area contributed by atoms with Crippen molar-refractivity contribution in [3.8, 4) is 0 Å². The Balaban J connectivity index is 1.58. The highest BCUT2D eigenvalue weighted by molar-refractivity contribution is 5.74. The molecule has 122 valence electrons. The third kappa shape index (κ3) is 3.05. The number of nitrogens with one attached hydrogen (secondary N) is 1. The lowest BCUT2D eigenvalue weighted by molar-refractivity contribution is -0.138. The second-order valence-electron chi connectivity index (χ2n) is 6.12. The van der Waals surface area contributed by atoms with Gasteiger partial charge in [-0.05, 0) is 31.1 Å². The van der Waals surface area contributed by atoms with E-state index in [4.69, 9.17) is 0 Å². The summed E-state index contributed by atoms with van der Waals surface area (Å²) in [5, 5.41) is 6.22. The molecule has 1 aromatic heterocycles. The van der Waals surface area contributed by atoms with E-state index >= 15 is 0 Å². The minimum absolute atomic E-state index is 0.0289. The summed E-state index contributed by atoms with van der Waals surface area (Å²) in [5.74, 6) is 1.31. The van der Waals surface area contributed by atoms with Crippen LogP contribution in [0.4, 0.5) is 18.0 Å². The van der Waals surface area contributed by atoms with Gasteiger partial charge in [-0.25, -0.2) is 4.79 Å². The number of aromatic nitrogens is 2. The second kappa shape index (κ2) is 5.48. The fraction of sp³-hybridized carbons (Fsp3) is 0.714. The molecule has 0 spiro atoms. The molecule has 2 fully saturated rings. The zero-order chi connectivity index (χ0) is 15.9. The maximum atomic E-state index is 12.9. The van der Waals surface area contributed by atoms with Crippen LogP contribution in [-0.2, 0) is 19.8 Å². The molecule has 1 aliphatic carbocycles. The molecule has 3 rings (SSSR count). The van der Waals surface area contributed by atoms with Crippen LogP contribution in [0.5, 0.6) is 0 Å². The number of aryl methyl sites for hydroxylation is 1. The number of alkyl halides is 3. The summed E-state index contributed by atoms with van der Waals surface area (Å²) in [6.07, 6.45) is -0.189. The molecule has 2 amide bonds. The standard InChI is InChI=1S/C14H19F3N4O/c1-20-12(11(6-19-20)14(15,16)17)7-18-13(22)21-5-4-10(8-21)9-2-3-9/h6,9-10H,2-5,7-8H2,1H3,(H,18,22). The number of carbonyl (C=O) groups excluding carboxylic acids is 1. The Bertz CT molecular complexity index is 565. The van der Waals surface area contributed by atoms with E-state index in [1.165, 1.54) is 19.9 Å². The maximum absolute atomic E-state index is 12.9. The minimum atomic E-state index is -4.46. The third-order valence-corrected chi connectivity index (χ3v) is 4.57. The zero-order valence-electron chi connectivity index (χ0n) is 12.4. The lowest BCUT2D eigenvalue weighted by Crippen LogP contribution is -2.38. The van der Waals surface area contributed by atoms with Crippen molar-refractivity contribution in [2.24, 2.45) is 18.9 Å². The fourth-order valence-corrected chi connectivity index (χ4v) is 3.10. The number of likely N-dealkylation sites (tertiary alicyclic amines) is 1. The van der Waals surface area contributed by atoms with E-state index in [1.807, 2.05) is 0 Å². The SMILES string of the molecule is Cn1ncc(C(F)(F)F)c1CNC(=O)N1CCC(C2CC2)C1. The monoisotopic (exact) mass is 316 g/mol. The topological polar surface area (TPSA) is 50.2 Å². The zero-order valence-corrected chi connectivity index (χ0v) is 12.4. The average Bonchev–Trinajstić information content (AvgIpc) is 3.04. The molecule has 2 aliphatic rings. The van der Waals surface area contributed by atoms with Crippen molar-refractivity contribution in [3.05, 3.63) is 17.5 Å². The van der Waals surface area contributed by atoms with E-state index in [0.29, 0.717) is 19.0 Å². The van der Waals surface area contributed by atoms with Crippen LogP contribution >= 0.6 is 0 Å². The smallest absolute Gasteiger partial charge is 0.332 e. The Morgan fingerprint density at radius 2 is 2.09 bits per heavy atom. The summed E-state index contributed by atoms with van der Waals surface area (Å²) in [6, 6.07) is -0.294. The molecule has 1 aliphatic heterocycles. The van der Waals surface area contributed by atoms with Crippen LogP contribution in [-0.4, -0.2) is 33.8 Å². The van der Waals surface area contributed by atoms with Crippen molar-refractivity contribution in [2.75, 3.05) is 13.1 Å². The number of amides is 2. The van der Waals surface area contributed by atoms with E-state index in [0.717, 1.165) is 23.2 Å². The van der Waals surface area contributed by atoms with Gasteiger partial charge in [0.15, 0.2) is 0 Å². The molecule has 22 heavy (non-hydrogen) atoms. The first kappa shape index (κ1) is 15.2. The van der Waals surface area contributed by atoms with E-state index in [2.05, 4.69) is 10.4 Å². The Kier molecular flexibility index (Phi) is 3.78. The quantitative estimate of drug-likeness (QED) is 0.931. The van der Waals surface area contributed by atoms with Gasteiger partial charge in [0.1, 0.15) is 0 Å². The van der Waals surface area contributed by atoms with Gasteiger partial charge in [0.25, 0.3) is 0 Å². The van der Waals surface area contributed by atoms with E-state index in [-0.39, 0.29) is 18.3 Å². The normalized spacial score (nSPS) is 22.2. The maximum Gasteiger partial charge on any atom is 0.419 e. The first-order valence-corrected chi connectivity index (χ1v) is 7.47. The number of nitrogens with zero attached hydrogens (tertiary/aromatic N) is 3. The van der Waals surface area contributed by atoms with Gasteiger partial charge < -0.3 is 10.2 Å². The van der Waals surface area contributed by atoms with Gasteiger partial charge in [-0.3, -0.25) is 4.68 Å². The number of urea groups is 1. The molecule has 2 heterocycles. The molecule has 1 saturated carbocycles. The number of halogens is 3. The first-order valence-electron chi connectivity index (χ1n) is 7.47. The van der Waals surface area contributed by atoms with Gasteiger partial charge in [-0.15, -0.1) is 0 Å². The molecule has 1 N–H and O–H groups in total. The highest BCUT2D eigenvalue weighted by atomic mass is 19.4. The average molecular weight is 316 g/mol. The highest BCUT2D eigenvalue weighted by Crippen LogP contribution is 2.41. The predicted molar refractivity (Wildman–Crippen MR) is 72.8 cm³/mol. The van der Waals surface area contributed by atoms with Gasteiger partial charge in [-0.1, -0.05) is 0 Å². The minimum Gasteiger partial charge on any atom is -0.332 e. The van der Waals surface area contributed by atoms with Gasteiger partial charge in [0, 0.05) is 20.1 Å². The Morgan fingerprint density at radius 3 is 2.73 bits per heavy atom. The molecular weight excluding hydrogens is 297 g/mol. The molecule has 1 atom stereocenters. The largest absolute Gasteiger partial charge is 0.419 e. The van der Waals surface area contributed by atoms with E-state index in [1.54, 1.807) is 4.90 Å². The molecule has 5 nitrogen and oxygen atoms in total. The molecule has 0 radical (unpaired) electrons. The van der Waals surface area contributed by atoms with Crippen LogP contribution in [0.25, 0.3) is 0 Å². The van der Waals surface area contributed by atoms with Gasteiger partial charge in [0.2, 0.25) is 0 Å². The lowest BCUT2D eigenvalue weighted by atomic mass is 10.0. The Labute approximate surface area is 126 Å². The van der Waals surface area contributed by atoms with Crippen LogP contribution in [0.1, 0.15) is 30.5 Å². The third-order valence-electron chi connectivity index (χ3n) is 4.57. The summed E-state index contributed by atoms with van der Waals surface area (Å²) >= 11 is 0. The molecule has 1 aromatic rings. The van der Waals surface area contributed by atoms with Gasteiger partial charge >= 0.3 is 12.2 Å². The summed E-state index contributed by atoms with van der Waals surface area (Å²) in [7, 11) is 1.44. The van der Waals surface area contributed by atoms with Crippen molar-refractivity contribution in [1.82, 2.24) is 20.0 Å². The lowest BCUT2D eigenvalue weighted by Gasteiger charge is -2.18. The fourth-order valence-electron chi connectivity index (χ4n) is 3.10. The van der Waals surface area contributed by atoms with Crippen LogP contribution in [0, 0.1) is 11.8 Å². The molecular formula is C14H19F3N4O. The number of rotatable bonds is 3. The number of hydrogen-bond donors (Lipinski definition) is 1. The second-order valence-corrected chi connectivity index (χ2v) is 6.12. The van der Waals surface area contributed by atoms with Crippen LogP contribution in [0.15, 0.2) is 6.20 Å². The summed E-state index contributed by atoms with van der Waals surface area (Å²) < 4.78 is 39.7. The molecule has 1 unspecified atom stereocenters. The van der Waals surface area contributed by atoms with Crippen LogP contribution < -0.4 is 5.32 Å². The number of carbonyl (C=O) groups is 1. The first-order chi connectivity index (χ1) is 10.4. The van der Waals surface area contributed by atoms with Crippen molar-refractivity contribution in [1.29, 1.82) is 0 Å². The molecule has 0 bridgehead atoms. The summed E-state index contributed by atoms with van der Waals surface area (Å²) in [5.41, 5.74) is -0.827. The number of hydrogen-bond acceptors (Lipinski definition) is 2. The van der Waals surface area contributed by atoms with E-state index in [9.17, 15) is 18.0 Å². The highest BCUT2D eigenvalue weighted by Gasteiger charge is 2.38.